The second-order valence-electron chi connectivity index (χ2n) is 3.89. The highest BCUT2D eigenvalue weighted by molar-refractivity contribution is 7.17. The minimum atomic E-state index is 0.565. The molecule has 0 bridgehead atoms. The Kier molecular flexibility index (Phi) is 5.37. The Morgan fingerprint density at radius 1 is 1.53 bits per heavy atom. The van der Waals surface area contributed by atoms with E-state index in [1.54, 1.807) is 11.3 Å². The lowest BCUT2D eigenvalue weighted by atomic mass is 10.2. The Labute approximate surface area is 101 Å². The van der Waals surface area contributed by atoms with Crippen LogP contribution in [0.5, 0.6) is 0 Å². The van der Waals surface area contributed by atoms with Gasteiger partial charge in [0.15, 0.2) is 0 Å². The maximum absolute atomic E-state index is 5.89. The molecule has 84 valence electrons. The molecule has 0 fully saturated rings. The molecule has 0 aromatic carbocycles. The van der Waals surface area contributed by atoms with Crippen molar-refractivity contribution in [1.29, 1.82) is 0 Å². The Morgan fingerprint density at radius 3 is 2.80 bits per heavy atom. The van der Waals surface area contributed by atoms with E-state index in [4.69, 9.17) is 11.6 Å². The standard InChI is InChI=1S/C12H18ClNS/c1-9(2)14-8-4-5-10(3)11-6-7-12(13)15-11/h5-7,9,14H,4,8H2,1-3H3. The predicted molar refractivity (Wildman–Crippen MR) is 70.7 cm³/mol. The van der Waals surface area contributed by atoms with Gasteiger partial charge in [0.2, 0.25) is 0 Å². The maximum Gasteiger partial charge on any atom is 0.0934 e. The van der Waals surface area contributed by atoms with E-state index in [2.05, 4.69) is 38.2 Å². The average Bonchev–Trinajstić information content (AvgIpc) is 2.59. The molecule has 1 aromatic rings. The van der Waals surface area contributed by atoms with Crippen molar-refractivity contribution in [3.05, 3.63) is 27.4 Å². The SMILES string of the molecule is CC(=CCCNC(C)C)c1ccc(Cl)s1. The van der Waals surface area contributed by atoms with Gasteiger partial charge in [-0.3, -0.25) is 0 Å². The minimum absolute atomic E-state index is 0.565. The van der Waals surface area contributed by atoms with E-state index in [-0.39, 0.29) is 0 Å². The summed E-state index contributed by atoms with van der Waals surface area (Å²) < 4.78 is 0.859. The molecule has 3 heteroatoms. The van der Waals surface area contributed by atoms with Gasteiger partial charge in [-0.15, -0.1) is 11.3 Å². The van der Waals surface area contributed by atoms with Gasteiger partial charge in [-0.05, 0) is 37.6 Å². The van der Waals surface area contributed by atoms with Crippen LogP contribution in [0, 0.1) is 0 Å². The lowest BCUT2D eigenvalue weighted by molar-refractivity contribution is 0.595. The third-order valence-corrected chi connectivity index (χ3v) is 3.48. The highest BCUT2D eigenvalue weighted by atomic mass is 35.5. The summed E-state index contributed by atoms with van der Waals surface area (Å²) in [5.74, 6) is 0. The molecule has 1 rings (SSSR count). The van der Waals surface area contributed by atoms with Crippen LogP contribution in [0.4, 0.5) is 0 Å². The molecular formula is C12H18ClNS. The molecule has 0 radical (unpaired) electrons. The zero-order valence-electron chi connectivity index (χ0n) is 9.51. The van der Waals surface area contributed by atoms with E-state index in [1.165, 1.54) is 10.5 Å². The van der Waals surface area contributed by atoms with Crippen LogP contribution >= 0.6 is 22.9 Å². The van der Waals surface area contributed by atoms with Crippen LogP contribution in [0.3, 0.4) is 0 Å². The fourth-order valence-electron chi connectivity index (χ4n) is 1.29. The van der Waals surface area contributed by atoms with E-state index in [9.17, 15) is 0 Å². The van der Waals surface area contributed by atoms with Crippen molar-refractivity contribution in [2.24, 2.45) is 0 Å². The summed E-state index contributed by atoms with van der Waals surface area (Å²) >= 11 is 7.52. The number of rotatable bonds is 5. The van der Waals surface area contributed by atoms with E-state index in [1.807, 2.05) is 6.07 Å². The van der Waals surface area contributed by atoms with Gasteiger partial charge in [0, 0.05) is 10.9 Å². The summed E-state index contributed by atoms with van der Waals surface area (Å²) in [5, 5.41) is 3.39. The quantitative estimate of drug-likeness (QED) is 0.765. The van der Waals surface area contributed by atoms with E-state index in [0.717, 1.165) is 17.3 Å². The largest absolute Gasteiger partial charge is 0.314 e. The van der Waals surface area contributed by atoms with Crippen LogP contribution in [0.1, 0.15) is 32.1 Å². The molecule has 1 heterocycles. The number of nitrogens with one attached hydrogen (secondary N) is 1. The Bertz CT molecular complexity index is 328. The molecular weight excluding hydrogens is 226 g/mol. The lowest BCUT2D eigenvalue weighted by Crippen LogP contribution is -2.23. The molecule has 0 atom stereocenters. The van der Waals surface area contributed by atoms with Gasteiger partial charge in [-0.1, -0.05) is 31.5 Å². The summed E-state index contributed by atoms with van der Waals surface area (Å²) in [6.45, 7) is 7.50. The fourth-order valence-corrected chi connectivity index (χ4v) is 2.33. The summed E-state index contributed by atoms with van der Waals surface area (Å²) in [4.78, 5) is 1.27. The Morgan fingerprint density at radius 2 is 2.27 bits per heavy atom. The molecule has 0 spiro atoms. The second kappa shape index (κ2) is 6.31. The first-order chi connectivity index (χ1) is 7.09. The van der Waals surface area contributed by atoms with Crippen molar-refractivity contribution in [2.45, 2.75) is 33.2 Å². The van der Waals surface area contributed by atoms with E-state index in [0.29, 0.717) is 6.04 Å². The molecule has 0 aliphatic carbocycles. The van der Waals surface area contributed by atoms with Crippen LogP contribution in [0.25, 0.3) is 5.57 Å². The molecule has 1 N–H and O–H groups in total. The van der Waals surface area contributed by atoms with Gasteiger partial charge >= 0.3 is 0 Å². The Balaban J connectivity index is 2.39. The van der Waals surface area contributed by atoms with Crippen LogP contribution in [0.2, 0.25) is 4.34 Å². The van der Waals surface area contributed by atoms with Crippen LogP contribution in [-0.2, 0) is 0 Å². The predicted octanol–water partition coefficient (Wildman–Crippen LogP) is 4.19. The summed E-state index contributed by atoms with van der Waals surface area (Å²) in [7, 11) is 0. The minimum Gasteiger partial charge on any atom is -0.314 e. The zero-order chi connectivity index (χ0) is 11.3. The number of allylic oxidation sites excluding steroid dienone is 1. The molecule has 0 aliphatic rings. The van der Waals surface area contributed by atoms with Crippen LogP contribution in [-0.4, -0.2) is 12.6 Å². The van der Waals surface area contributed by atoms with Crippen molar-refractivity contribution in [3.63, 3.8) is 0 Å². The lowest BCUT2D eigenvalue weighted by Gasteiger charge is -2.05. The highest BCUT2D eigenvalue weighted by Gasteiger charge is 1.99. The van der Waals surface area contributed by atoms with E-state index < -0.39 is 0 Å². The molecule has 0 unspecified atom stereocenters. The highest BCUT2D eigenvalue weighted by Crippen LogP contribution is 2.27. The van der Waals surface area contributed by atoms with Crippen molar-refractivity contribution in [1.82, 2.24) is 5.32 Å². The van der Waals surface area contributed by atoms with Gasteiger partial charge in [0.25, 0.3) is 0 Å². The van der Waals surface area contributed by atoms with Crippen molar-refractivity contribution in [2.75, 3.05) is 6.54 Å². The molecule has 1 nitrogen and oxygen atoms in total. The maximum atomic E-state index is 5.89. The molecule has 15 heavy (non-hydrogen) atoms. The first-order valence-electron chi connectivity index (χ1n) is 5.25. The molecule has 0 aliphatic heterocycles. The van der Waals surface area contributed by atoms with Gasteiger partial charge in [0.1, 0.15) is 0 Å². The second-order valence-corrected chi connectivity index (χ2v) is 5.60. The van der Waals surface area contributed by atoms with E-state index >= 15 is 0 Å². The monoisotopic (exact) mass is 243 g/mol. The number of hydrogen-bond donors (Lipinski definition) is 1. The number of hydrogen-bond acceptors (Lipinski definition) is 2. The molecule has 0 amide bonds. The fraction of sp³-hybridized carbons (Fsp3) is 0.500. The zero-order valence-corrected chi connectivity index (χ0v) is 11.1. The van der Waals surface area contributed by atoms with Crippen molar-refractivity contribution < 1.29 is 0 Å². The van der Waals surface area contributed by atoms with Gasteiger partial charge < -0.3 is 5.32 Å². The average molecular weight is 244 g/mol. The third-order valence-electron chi connectivity index (χ3n) is 2.11. The van der Waals surface area contributed by atoms with Gasteiger partial charge in [-0.25, -0.2) is 0 Å². The summed E-state index contributed by atoms with van der Waals surface area (Å²) in [6.07, 6.45) is 3.33. The number of halogens is 1. The normalized spacial score (nSPS) is 12.5. The van der Waals surface area contributed by atoms with Crippen molar-refractivity contribution >= 4 is 28.5 Å². The first kappa shape index (κ1) is 12.8. The topological polar surface area (TPSA) is 12.0 Å². The van der Waals surface area contributed by atoms with Crippen molar-refractivity contribution in [3.8, 4) is 0 Å². The third kappa shape index (κ3) is 4.83. The van der Waals surface area contributed by atoms with Gasteiger partial charge in [0.05, 0.1) is 4.34 Å². The van der Waals surface area contributed by atoms with Crippen LogP contribution in [0.15, 0.2) is 18.2 Å². The summed E-state index contributed by atoms with van der Waals surface area (Å²) in [5.41, 5.74) is 1.32. The molecule has 0 saturated heterocycles. The summed E-state index contributed by atoms with van der Waals surface area (Å²) in [6, 6.07) is 4.59. The first-order valence-corrected chi connectivity index (χ1v) is 6.45. The number of thiophene rings is 1. The molecule has 1 aromatic heterocycles. The van der Waals surface area contributed by atoms with Crippen LogP contribution < -0.4 is 5.32 Å². The Hall–Kier alpha value is -0.310. The smallest absolute Gasteiger partial charge is 0.0934 e. The molecule has 0 saturated carbocycles. The van der Waals surface area contributed by atoms with Gasteiger partial charge in [-0.2, -0.15) is 0 Å².